The second kappa shape index (κ2) is 14.5. The zero-order valence-corrected chi connectivity index (χ0v) is 20.5. The molecule has 34 heavy (non-hydrogen) atoms. The van der Waals surface area contributed by atoms with Gasteiger partial charge in [0.05, 0.1) is 0 Å². The summed E-state index contributed by atoms with van der Waals surface area (Å²) in [7, 11) is 0. The number of hydrogen-bond acceptors (Lipinski definition) is 3. The van der Waals surface area contributed by atoms with E-state index in [1.54, 1.807) is 11.8 Å². The summed E-state index contributed by atoms with van der Waals surface area (Å²) >= 11 is 1.57. The van der Waals surface area contributed by atoms with E-state index in [1.165, 1.54) is 32.1 Å². The van der Waals surface area contributed by atoms with Gasteiger partial charge in [-0.2, -0.15) is 11.8 Å². The van der Waals surface area contributed by atoms with E-state index in [9.17, 15) is 14.7 Å². The number of nitrogens with one attached hydrogen (secondary N) is 1. The van der Waals surface area contributed by atoms with Crippen LogP contribution in [0, 0.1) is 12.8 Å². The van der Waals surface area contributed by atoms with Gasteiger partial charge in [0, 0.05) is 5.56 Å². The molecule has 0 aliphatic heterocycles. The summed E-state index contributed by atoms with van der Waals surface area (Å²) in [5.74, 6) is 0.105. The minimum absolute atomic E-state index is 0. The van der Waals surface area contributed by atoms with E-state index in [4.69, 9.17) is 0 Å². The number of rotatable bonds is 10. The van der Waals surface area contributed by atoms with Gasteiger partial charge in [0.2, 0.25) is 0 Å². The van der Waals surface area contributed by atoms with Gasteiger partial charge in [-0.1, -0.05) is 74.6 Å². The molecule has 0 saturated heterocycles. The molecule has 0 aromatic heterocycles. The molecule has 6 heteroatoms. The van der Waals surface area contributed by atoms with Gasteiger partial charge in [-0.05, 0) is 72.1 Å². The van der Waals surface area contributed by atoms with Gasteiger partial charge in [-0.25, -0.2) is 4.79 Å². The number of amides is 1. The van der Waals surface area contributed by atoms with Crippen molar-refractivity contribution < 1.29 is 14.7 Å². The van der Waals surface area contributed by atoms with Crippen LogP contribution >= 0.6 is 11.8 Å². The van der Waals surface area contributed by atoms with Crippen LogP contribution in [0.15, 0.2) is 48.5 Å². The van der Waals surface area contributed by atoms with Crippen molar-refractivity contribution in [3.8, 4) is 11.1 Å². The molecule has 4 nitrogen and oxygen atoms in total. The van der Waals surface area contributed by atoms with Crippen molar-refractivity contribution in [2.45, 2.75) is 57.9 Å². The van der Waals surface area contributed by atoms with Gasteiger partial charge in [-0.15, -0.1) is 0 Å². The van der Waals surface area contributed by atoms with Gasteiger partial charge in [0.15, 0.2) is 0 Å². The van der Waals surface area contributed by atoms with Gasteiger partial charge in [-0.3, -0.25) is 4.79 Å². The monoisotopic (exact) mass is 473 g/mol. The summed E-state index contributed by atoms with van der Waals surface area (Å²) < 4.78 is 0. The van der Waals surface area contributed by atoms with Crippen LogP contribution in [0.1, 0.15) is 66.4 Å². The van der Waals surface area contributed by atoms with Gasteiger partial charge < -0.3 is 10.4 Å². The summed E-state index contributed by atoms with van der Waals surface area (Å²) in [5, 5.41) is 12.3. The van der Waals surface area contributed by atoms with E-state index >= 15 is 0 Å². The fraction of sp³-hybridized carbons (Fsp3) is 0.429. The van der Waals surface area contributed by atoms with Crippen LogP contribution in [0.25, 0.3) is 17.2 Å². The van der Waals surface area contributed by atoms with Crippen molar-refractivity contribution >= 4 is 48.6 Å². The van der Waals surface area contributed by atoms with Crippen molar-refractivity contribution in [2.24, 2.45) is 5.92 Å². The van der Waals surface area contributed by atoms with Crippen LogP contribution in [-0.2, 0) is 4.79 Å². The molecule has 0 unspecified atom stereocenters. The molecule has 178 valence electrons. The third kappa shape index (κ3) is 8.08. The number of carbonyl (C=O) groups excluding carboxylic acids is 1. The number of carbonyl (C=O) groups is 2. The van der Waals surface area contributed by atoms with Gasteiger partial charge >= 0.3 is 24.8 Å². The molecule has 0 bridgehead atoms. The molecular formula is C28H36LiNO3S. The normalized spacial score (nSPS) is 15.0. The second-order valence-electron chi connectivity index (χ2n) is 8.91. The molecule has 0 heterocycles. The van der Waals surface area contributed by atoms with Crippen molar-refractivity contribution in [1.82, 2.24) is 5.32 Å². The molecule has 1 fully saturated rings. The summed E-state index contributed by atoms with van der Waals surface area (Å²) in [4.78, 5) is 24.8. The zero-order chi connectivity index (χ0) is 23.6. The van der Waals surface area contributed by atoms with Crippen molar-refractivity contribution in [3.63, 3.8) is 0 Å². The number of allylic oxidation sites excluding steroid dienone is 1. The standard InChI is InChI=1S/C28H35NO3S.Li.H/c1-20-9-6-7-14-23(20)25-19-22(13-8-12-21-10-4-3-5-11-21)15-16-24(25)27(30)29-26(28(31)32)17-18-33-2;;/h6-9,13-16,19,21,26H,3-5,10-12,17-18H2,1-2H3,(H,29,30)(H,31,32);;/t26-;;/m0../s1. The minimum atomic E-state index is -1.00. The zero-order valence-electron chi connectivity index (χ0n) is 19.7. The van der Waals surface area contributed by atoms with E-state index in [1.807, 2.05) is 55.6 Å². The van der Waals surface area contributed by atoms with E-state index in [0.717, 1.165) is 34.6 Å². The van der Waals surface area contributed by atoms with E-state index in [2.05, 4.69) is 17.5 Å². The Labute approximate surface area is 220 Å². The molecule has 1 atom stereocenters. The molecule has 1 saturated carbocycles. The average Bonchev–Trinajstić information content (AvgIpc) is 2.82. The molecule has 0 spiro atoms. The molecule has 2 N–H and O–H groups in total. The fourth-order valence-electron chi connectivity index (χ4n) is 4.51. The first-order valence-electron chi connectivity index (χ1n) is 11.9. The Morgan fingerprint density at radius 1 is 1.12 bits per heavy atom. The van der Waals surface area contributed by atoms with Crippen LogP contribution in [0.5, 0.6) is 0 Å². The topological polar surface area (TPSA) is 66.4 Å². The number of carboxylic acids is 1. The predicted molar refractivity (Wildman–Crippen MR) is 146 cm³/mol. The maximum absolute atomic E-state index is 13.2. The molecule has 2 aromatic carbocycles. The molecule has 2 aromatic rings. The third-order valence-electron chi connectivity index (χ3n) is 6.44. The summed E-state index contributed by atoms with van der Waals surface area (Å²) in [5.41, 5.74) is 4.45. The van der Waals surface area contributed by atoms with E-state index in [-0.39, 0.29) is 24.8 Å². The summed E-state index contributed by atoms with van der Waals surface area (Å²) in [6.07, 6.45) is 14.5. The third-order valence-corrected chi connectivity index (χ3v) is 7.09. The Hall–Kier alpha value is -1.93. The Kier molecular flexibility index (Phi) is 12.0. The number of carboxylic acid groups (broad SMARTS) is 1. The Morgan fingerprint density at radius 2 is 1.85 bits per heavy atom. The molecule has 1 aliphatic carbocycles. The molecular weight excluding hydrogens is 437 g/mol. The number of aryl methyl sites for hydroxylation is 1. The maximum atomic E-state index is 13.2. The van der Waals surface area contributed by atoms with Gasteiger partial charge in [0.1, 0.15) is 6.04 Å². The molecule has 1 amide bonds. The number of thioether (sulfide) groups is 1. The number of hydrogen-bond donors (Lipinski definition) is 2. The fourth-order valence-corrected chi connectivity index (χ4v) is 4.98. The van der Waals surface area contributed by atoms with E-state index in [0.29, 0.717) is 17.7 Å². The molecule has 1 aliphatic rings. The summed E-state index contributed by atoms with van der Waals surface area (Å²) in [6.45, 7) is 2.03. The van der Waals surface area contributed by atoms with Crippen molar-refractivity contribution in [3.05, 3.63) is 65.2 Å². The SMILES string of the molecule is CSCC[C@H](NC(=O)c1ccc(C=CCC2CCCCC2)cc1-c1ccccc1C)C(=O)O.[LiH]. The van der Waals surface area contributed by atoms with Crippen molar-refractivity contribution in [1.29, 1.82) is 0 Å². The van der Waals surface area contributed by atoms with Crippen molar-refractivity contribution in [2.75, 3.05) is 12.0 Å². The van der Waals surface area contributed by atoms with Gasteiger partial charge in [0.25, 0.3) is 5.91 Å². The Bertz CT molecular complexity index is 985. The number of aliphatic carboxylic acids is 1. The van der Waals surface area contributed by atoms with Crippen LogP contribution in [0.4, 0.5) is 0 Å². The first-order valence-corrected chi connectivity index (χ1v) is 13.3. The van der Waals surface area contributed by atoms with Crippen LogP contribution in [-0.4, -0.2) is 53.9 Å². The molecule has 3 rings (SSSR count). The second-order valence-corrected chi connectivity index (χ2v) is 9.89. The predicted octanol–water partition coefficient (Wildman–Crippen LogP) is 5.93. The Morgan fingerprint density at radius 3 is 2.53 bits per heavy atom. The van der Waals surface area contributed by atoms with Crippen LogP contribution < -0.4 is 5.32 Å². The quantitative estimate of drug-likeness (QED) is 0.420. The average molecular weight is 474 g/mol. The molecule has 0 radical (unpaired) electrons. The van der Waals surface area contributed by atoms with Crippen LogP contribution in [0.2, 0.25) is 0 Å². The van der Waals surface area contributed by atoms with E-state index < -0.39 is 12.0 Å². The van der Waals surface area contributed by atoms with Crippen LogP contribution in [0.3, 0.4) is 0 Å². The Balaban J connectivity index is 0.00000408. The number of benzene rings is 2. The first-order chi connectivity index (χ1) is 16.0. The first kappa shape index (κ1) is 28.3. The summed E-state index contributed by atoms with van der Waals surface area (Å²) in [6, 6.07) is 12.9.